The molecule has 1 atom stereocenters. The normalized spacial score (nSPS) is 19.6. The highest BCUT2D eigenvalue weighted by atomic mass is 19.4. The minimum Gasteiger partial charge on any atom is -0.444 e. The number of aromatic nitrogens is 1. The van der Waals surface area contributed by atoms with Crippen LogP contribution in [0.4, 0.5) is 18.0 Å². The topological polar surface area (TPSA) is 54.5 Å². The quantitative estimate of drug-likeness (QED) is 0.859. The fourth-order valence-electron chi connectivity index (χ4n) is 2.36. The van der Waals surface area contributed by atoms with Crippen LogP contribution in [-0.4, -0.2) is 41.2 Å². The van der Waals surface area contributed by atoms with Crippen LogP contribution in [-0.2, 0) is 10.9 Å². The van der Waals surface area contributed by atoms with E-state index in [4.69, 9.17) is 4.74 Å². The van der Waals surface area contributed by atoms with Crippen molar-refractivity contribution in [1.82, 2.24) is 15.2 Å². The Morgan fingerprint density at radius 3 is 2.70 bits per heavy atom. The molecular weight excluding hydrogens is 311 g/mol. The zero-order chi connectivity index (χ0) is 17.3. The van der Waals surface area contributed by atoms with E-state index in [1.165, 1.54) is 17.2 Å². The summed E-state index contributed by atoms with van der Waals surface area (Å²) in [7, 11) is 0. The molecule has 1 N–H and O–H groups in total. The number of nitrogens with one attached hydrogen (secondary N) is 1. The molecule has 8 heteroatoms. The SMILES string of the molecule is CC(C)(C)OC(=O)N1CCNC(c2ncccc2C(F)(F)F)C1. The Kier molecular flexibility index (Phi) is 4.84. The molecule has 1 saturated heterocycles. The van der Waals surface area contributed by atoms with E-state index in [1.807, 2.05) is 0 Å². The first-order chi connectivity index (χ1) is 10.6. The number of hydrogen-bond donors (Lipinski definition) is 1. The van der Waals surface area contributed by atoms with Crippen LogP contribution in [0.5, 0.6) is 0 Å². The van der Waals surface area contributed by atoms with Crippen LogP contribution in [0.3, 0.4) is 0 Å². The number of carbonyl (C=O) groups is 1. The fourth-order valence-corrected chi connectivity index (χ4v) is 2.36. The van der Waals surface area contributed by atoms with Crippen molar-refractivity contribution in [3.63, 3.8) is 0 Å². The highest BCUT2D eigenvalue weighted by Gasteiger charge is 2.38. The Morgan fingerprint density at radius 2 is 2.09 bits per heavy atom. The molecule has 0 bridgehead atoms. The number of ether oxygens (including phenoxy) is 1. The molecule has 1 aliphatic rings. The third-order valence-corrected chi connectivity index (χ3v) is 3.30. The van der Waals surface area contributed by atoms with Crippen molar-refractivity contribution in [2.24, 2.45) is 0 Å². The third kappa shape index (κ3) is 4.57. The van der Waals surface area contributed by atoms with Gasteiger partial charge in [0.2, 0.25) is 0 Å². The number of piperazine rings is 1. The third-order valence-electron chi connectivity index (χ3n) is 3.30. The average Bonchev–Trinajstić information content (AvgIpc) is 2.45. The predicted octanol–water partition coefficient (Wildman–Crippen LogP) is 2.98. The molecule has 1 aliphatic heterocycles. The van der Waals surface area contributed by atoms with Gasteiger partial charge in [0.15, 0.2) is 0 Å². The summed E-state index contributed by atoms with van der Waals surface area (Å²) in [5.74, 6) is 0. The maximum atomic E-state index is 13.1. The Bertz CT molecular complexity index is 570. The second-order valence-corrected chi connectivity index (χ2v) is 6.37. The molecule has 1 aromatic rings. The van der Waals surface area contributed by atoms with E-state index in [2.05, 4.69) is 10.3 Å². The summed E-state index contributed by atoms with van der Waals surface area (Å²) in [4.78, 5) is 17.4. The number of carbonyl (C=O) groups excluding carboxylic acids is 1. The van der Waals surface area contributed by atoms with Gasteiger partial charge in [-0.15, -0.1) is 0 Å². The highest BCUT2D eigenvalue weighted by molar-refractivity contribution is 5.68. The Balaban J connectivity index is 2.18. The molecule has 1 aromatic heterocycles. The van der Waals surface area contributed by atoms with Crippen LogP contribution in [0.15, 0.2) is 18.3 Å². The zero-order valence-electron chi connectivity index (χ0n) is 13.3. The van der Waals surface area contributed by atoms with Gasteiger partial charge < -0.3 is 15.0 Å². The first kappa shape index (κ1) is 17.5. The summed E-state index contributed by atoms with van der Waals surface area (Å²) in [5.41, 5.74) is -1.55. The van der Waals surface area contributed by atoms with Gasteiger partial charge in [0.1, 0.15) is 5.60 Å². The van der Waals surface area contributed by atoms with Crippen molar-refractivity contribution in [2.75, 3.05) is 19.6 Å². The van der Waals surface area contributed by atoms with E-state index in [0.29, 0.717) is 13.1 Å². The molecule has 128 valence electrons. The standard InChI is InChI=1S/C15H20F3N3O2/c1-14(2,3)23-13(22)21-8-7-19-11(9-21)12-10(15(16,17)18)5-4-6-20-12/h4-6,11,19H,7-9H2,1-3H3. The lowest BCUT2D eigenvalue weighted by Gasteiger charge is -2.35. The molecule has 23 heavy (non-hydrogen) atoms. The van der Waals surface area contributed by atoms with Gasteiger partial charge in [-0.2, -0.15) is 13.2 Å². The molecular formula is C15H20F3N3O2. The van der Waals surface area contributed by atoms with Gasteiger partial charge in [-0.3, -0.25) is 4.98 Å². The fraction of sp³-hybridized carbons (Fsp3) is 0.600. The lowest BCUT2D eigenvalue weighted by atomic mass is 10.0. The summed E-state index contributed by atoms with van der Waals surface area (Å²) in [6.07, 6.45) is -3.70. The van der Waals surface area contributed by atoms with Crippen LogP contribution in [0.2, 0.25) is 0 Å². The molecule has 0 radical (unpaired) electrons. The molecule has 1 unspecified atom stereocenters. The number of rotatable bonds is 1. The number of nitrogens with zero attached hydrogens (tertiary/aromatic N) is 2. The number of alkyl halides is 3. The van der Waals surface area contributed by atoms with Crippen molar-refractivity contribution >= 4 is 6.09 Å². The number of amides is 1. The van der Waals surface area contributed by atoms with Crippen LogP contribution >= 0.6 is 0 Å². The van der Waals surface area contributed by atoms with E-state index in [1.54, 1.807) is 20.8 Å². The van der Waals surface area contributed by atoms with Crippen LogP contribution in [0.1, 0.15) is 38.1 Å². The van der Waals surface area contributed by atoms with E-state index in [0.717, 1.165) is 6.07 Å². The largest absolute Gasteiger partial charge is 0.444 e. The Hall–Kier alpha value is -1.83. The van der Waals surface area contributed by atoms with Crippen molar-refractivity contribution in [3.8, 4) is 0 Å². The van der Waals surface area contributed by atoms with Crippen molar-refractivity contribution in [1.29, 1.82) is 0 Å². The van der Waals surface area contributed by atoms with Gasteiger partial charge in [0.25, 0.3) is 0 Å². The van der Waals surface area contributed by atoms with Gasteiger partial charge in [0, 0.05) is 25.8 Å². The van der Waals surface area contributed by atoms with Crippen LogP contribution < -0.4 is 5.32 Å². The molecule has 0 aromatic carbocycles. The summed E-state index contributed by atoms with van der Waals surface area (Å²) in [6, 6.07) is 1.56. The van der Waals surface area contributed by atoms with Crippen LogP contribution in [0, 0.1) is 0 Å². The second-order valence-electron chi connectivity index (χ2n) is 6.37. The smallest absolute Gasteiger partial charge is 0.418 e. The number of hydrogen-bond acceptors (Lipinski definition) is 4. The molecule has 2 rings (SSSR count). The lowest BCUT2D eigenvalue weighted by Crippen LogP contribution is -2.50. The zero-order valence-corrected chi connectivity index (χ0v) is 13.3. The average molecular weight is 331 g/mol. The van der Waals surface area contributed by atoms with Gasteiger partial charge in [-0.05, 0) is 32.9 Å². The van der Waals surface area contributed by atoms with Crippen molar-refractivity contribution in [3.05, 3.63) is 29.6 Å². The summed E-state index contributed by atoms with van der Waals surface area (Å²) in [5, 5.41) is 2.98. The van der Waals surface area contributed by atoms with Crippen molar-refractivity contribution < 1.29 is 22.7 Å². The van der Waals surface area contributed by atoms with Crippen molar-refractivity contribution in [2.45, 2.75) is 38.6 Å². The van der Waals surface area contributed by atoms with Gasteiger partial charge in [-0.1, -0.05) is 0 Å². The Labute approximate surface area is 132 Å². The number of pyridine rings is 1. The van der Waals surface area contributed by atoms with Crippen LogP contribution in [0.25, 0.3) is 0 Å². The summed E-state index contributed by atoms with van der Waals surface area (Å²) in [6.45, 7) is 6.05. The summed E-state index contributed by atoms with van der Waals surface area (Å²) >= 11 is 0. The van der Waals surface area contributed by atoms with Gasteiger partial charge >= 0.3 is 12.3 Å². The van der Waals surface area contributed by atoms with E-state index >= 15 is 0 Å². The molecule has 1 fully saturated rings. The minimum absolute atomic E-state index is 0.0784. The maximum absolute atomic E-state index is 13.1. The molecule has 0 aliphatic carbocycles. The maximum Gasteiger partial charge on any atom is 0.418 e. The minimum atomic E-state index is -4.49. The first-order valence-corrected chi connectivity index (χ1v) is 7.31. The van der Waals surface area contributed by atoms with E-state index in [-0.39, 0.29) is 12.2 Å². The first-order valence-electron chi connectivity index (χ1n) is 7.31. The highest BCUT2D eigenvalue weighted by Crippen LogP contribution is 2.34. The summed E-state index contributed by atoms with van der Waals surface area (Å²) < 4.78 is 44.6. The monoisotopic (exact) mass is 331 g/mol. The van der Waals surface area contributed by atoms with E-state index < -0.39 is 29.5 Å². The molecule has 0 spiro atoms. The lowest BCUT2D eigenvalue weighted by molar-refractivity contribution is -0.138. The molecule has 1 amide bonds. The molecule has 2 heterocycles. The predicted molar refractivity (Wildman–Crippen MR) is 77.8 cm³/mol. The number of halogens is 3. The van der Waals surface area contributed by atoms with E-state index in [9.17, 15) is 18.0 Å². The second kappa shape index (κ2) is 6.35. The van der Waals surface area contributed by atoms with Gasteiger partial charge in [0.05, 0.1) is 17.3 Å². The van der Waals surface area contributed by atoms with Gasteiger partial charge in [-0.25, -0.2) is 4.79 Å². The Morgan fingerprint density at radius 1 is 1.39 bits per heavy atom. The molecule has 0 saturated carbocycles. The molecule has 5 nitrogen and oxygen atoms in total.